The predicted octanol–water partition coefficient (Wildman–Crippen LogP) is 3.45. The third-order valence-corrected chi connectivity index (χ3v) is 6.62. The van der Waals surface area contributed by atoms with E-state index in [1.165, 1.54) is 4.31 Å². The Morgan fingerprint density at radius 3 is 2.59 bits per heavy atom. The molecule has 1 aromatic carbocycles. The number of hydrogen-bond acceptors (Lipinski definition) is 4. The summed E-state index contributed by atoms with van der Waals surface area (Å²) in [6.07, 6.45) is 3.35. The molecular weight excluding hydrogens is 386 g/mol. The summed E-state index contributed by atoms with van der Waals surface area (Å²) in [5.41, 5.74) is 2.18. The summed E-state index contributed by atoms with van der Waals surface area (Å²) in [7, 11) is -3.60. The van der Waals surface area contributed by atoms with Gasteiger partial charge in [-0.25, -0.2) is 13.4 Å². The molecule has 0 radical (unpaired) electrons. The van der Waals surface area contributed by atoms with Crippen molar-refractivity contribution in [2.24, 2.45) is 0 Å². The van der Waals surface area contributed by atoms with Crippen LogP contribution in [0, 0.1) is 0 Å². The Balaban J connectivity index is 1.71. The lowest BCUT2D eigenvalue weighted by Crippen LogP contribution is -2.48. The molecule has 0 N–H and O–H groups in total. The highest BCUT2D eigenvalue weighted by Crippen LogP contribution is 2.26. The quantitative estimate of drug-likeness (QED) is 0.669. The Kier molecular flexibility index (Phi) is 4.71. The minimum absolute atomic E-state index is 0.130. The molecule has 0 unspecified atom stereocenters. The van der Waals surface area contributed by atoms with Crippen LogP contribution in [0.15, 0.2) is 53.7 Å². The van der Waals surface area contributed by atoms with E-state index in [0.29, 0.717) is 23.8 Å². The van der Waals surface area contributed by atoms with E-state index in [2.05, 4.69) is 4.98 Å². The molecule has 0 bridgehead atoms. The second kappa shape index (κ2) is 6.91. The van der Waals surface area contributed by atoms with Crippen LogP contribution in [0.3, 0.4) is 0 Å². The maximum Gasteiger partial charge on any atom is 0.243 e. The second-order valence-corrected chi connectivity index (χ2v) is 9.22. The SMILES string of the molecule is C[C@@H]1CN(S(=O)(=O)c2cccc(-c3cn4cc(Cl)ccc4n3)c2)C[C@H](C)O1. The summed E-state index contributed by atoms with van der Waals surface area (Å²) in [6.45, 7) is 4.47. The van der Waals surface area contributed by atoms with Crippen molar-refractivity contribution in [3.63, 3.8) is 0 Å². The monoisotopic (exact) mass is 405 g/mol. The first kappa shape index (κ1) is 18.4. The average Bonchev–Trinajstić information content (AvgIpc) is 3.04. The van der Waals surface area contributed by atoms with Crippen molar-refractivity contribution in [3.8, 4) is 11.3 Å². The van der Waals surface area contributed by atoms with Crippen molar-refractivity contribution < 1.29 is 13.2 Å². The molecule has 0 aliphatic carbocycles. The Morgan fingerprint density at radius 1 is 1.11 bits per heavy atom. The van der Waals surface area contributed by atoms with E-state index in [0.717, 1.165) is 11.2 Å². The lowest BCUT2D eigenvalue weighted by molar-refractivity contribution is -0.0440. The molecule has 2 atom stereocenters. The number of halogens is 1. The summed E-state index contributed by atoms with van der Waals surface area (Å²) >= 11 is 6.02. The highest BCUT2D eigenvalue weighted by Gasteiger charge is 2.32. The molecule has 0 saturated carbocycles. The zero-order chi connectivity index (χ0) is 19.2. The summed E-state index contributed by atoms with van der Waals surface area (Å²) in [6, 6.07) is 10.5. The predicted molar refractivity (Wildman–Crippen MR) is 104 cm³/mol. The molecule has 0 spiro atoms. The van der Waals surface area contributed by atoms with Crippen LogP contribution in [0.2, 0.25) is 5.02 Å². The van der Waals surface area contributed by atoms with Crippen molar-refractivity contribution in [3.05, 3.63) is 53.8 Å². The van der Waals surface area contributed by atoms with Gasteiger partial charge < -0.3 is 9.14 Å². The van der Waals surface area contributed by atoms with Crippen molar-refractivity contribution in [1.82, 2.24) is 13.7 Å². The lowest BCUT2D eigenvalue weighted by atomic mass is 10.2. The number of fused-ring (bicyclic) bond motifs is 1. The van der Waals surface area contributed by atoms with Gasteiger partial charge in [0.05, 0.1) is 27.8 Å². The summed E-state index contributed by atoms with van der Waals surface area (Å²) < 4.78 is 35.2. The largest absolute Gasteiger partial charge is 0.373 e. The molecule has 1 saturated heterocycles. The van der Waals surface area contributed by atoms with Crippen LogP contribution in [0.5, 0.6) is 0 Å². The average molecular weight is 406 g/mol. The van der Waals surface area contributed by atoms with E-state index in [9.17, 15) is 8.42 Å². The number of imidazole rings is 1. The third-order valence-electron chi connectivity index (χ3n) is 4.57. The maximum absolute atomic E-state index is 13.1. The van der Waals surface area contributed by atoms with Crippen LogP contribution < -0.4 is 0 Å². The second-order valence-electron chi connectivity index (χ2n) is 6.85. The summed E-state index contributed by atoms with van der Waals surface area (Å²) in [5.74, 6) is 0. The zero-order valence-corrected chi connectivity index (χ0v) is 16.6. The minimum atomic E-state index is -3.60. The number of hydrogen-bond donors (Lipinski definition) is 0. The fraction of sp³-hybridized carbons (Fsp3) is 0.316. The molecular formula is C19H20ClN3O3S. The van der Waals surface area contributed by atoms with Crippen LogP contribution in [-0.2, 0) is 14.8 Å². The fourth-order valence-corrected chi connectivity index (χ4v) is 5.20. The molecule has 6 nitrogen and oxygen atoms in total. The molecule has 142 valence electrons. The summed E-state index contributed by atoms with van der Waals surface area (Å²) in [5, 5.41) is 0.610. The Labute approximate surface area is 163 Å². The van der Waals surface area contributed by atoms with Gasteiger partial charge in [0, 0.05) is 31.0 Å². The van der Waals surface area contributed by atoms with E-state index >= 15 is 0 Å². The molecule has 27 heavy (non-hydrogen) atoms. The van der Waals surface area contributed by atoms with Crippen molar-refractivity contribution in [2.75, 3.05) is 13.1 Å². The van der Waals surface area contributed by atoms with Crippen molar-refractivity contribution in [1.29, 1.82) is 0 Å². The van der Waals surface area contributed by atoms with Gasteiger partial charge in [-0.2, -0.15) is 4.31 Å². The van der Waals surface area contributed by atoms with E-state index < -0.39 is 10.0 Å². The van der Waals surface area contributed by atoms with E-state index in [-0.39, 0.29) is 17.1 Å². The molecule has 4 rings (SSSR count). The van der Waals surface area contributed by atoms with Crippen LogP contribution in [-0.4, -0.2) is 47.4 Å². The van der Waals surface area contributed by atoms with E-state index in [4.69, 9.17) is 16.3 Å². The normalized spacial score (nSPS) is 21.6. The molecule has 0 amide bonds. The molecule has 1 fully saturated rings. The first-order chi connectivity index (χ1) is 12.8. The number of sulfonamides is 1. The number of ether oxygens (including phenoxy) is 1. The van der Waals surface area contributed by atoms with Crippen molar-refractivity contribution in [2.45, 2.75) is 31.0 Å². The number of benzene rings is 1. The van der Waals surface area contributed by atoms with Gasteiger partial charge in [-0.1, -0.05) is 23.7 Å². The first-order valence-corrected chi connectivity index (χ1v) is 10.5. The van der Waals surface area contributed by atoms with Gasteiger partial charge in [-0.05, 0) is 38.1 Å². The van der Waals surface area contributed by atoms with Gasteiger partial charge in [0.15, 0.2) is 0 Å². The fourth-order valence-electron chi connectivity index (χ4n) is 3.40. The molecule has 3 heterocycles. The first-order valence-electron chi connectivity index (χ1n) is 8.73. The molecule has 3 aromatic rings. The zero-order valence-electron chi connectivity index (χ0n) is 15.0. The molecule has 2 aromatic heterocycles. The van der Waals surface area contributed by atoms with Gasteiger partial charge in [0.2, 0.25) is 10.0 Å². The molecule has 8 heteroatoms. The van der Waals surface area contributed by atoms with E-state index in [1.54, 1.807) is 30.5 Å². The van der Waals surface area contributed by atoms with Crippen LogP contribution in [0.25, 0.3) is 16.9 Å². The number of nitrogens with zero attached hydrogens (tertiary/aromatic N) is 3. The van der Waals surface area contributed by atoms with Gasteiger partial charge in [-0.3, -0.25) is 0 Å². The van der Waals surface area contributed by atoms with Gasteiger partial charge in [0.1, 0.15) is 5.65 Å². The Hall–Kier alpha value is -1.93. The van der Waals surface area contributed by atoms with Gasteiger partial charge >= 0.3 is 0 Å². The topological polar surface area (TPSA) is 63.9 Å². The Morgan fingerprint density at radius 2 is 1.85 bits per heavy atom. The minimum Gasteiger partial charge on any atom is -0.373 e. The lowest BCUT2D eigenvalue weighted by Gasteiger charge is -2.34. The number of pyridine rings is 1. The molecule has 1 aliphatic rings. The smallest absolute Gasteiger partial charge is 0.243 e. The highest BCUT2D eigenvalue weighted by atomic mass is 35.5. The van der Waals surface area contributed by atoms with Gasteiger partial charge in [0.25, 0.3) is 0 Å². The van der Waals surface area contributed by atoms with E-state index in [1.807, 2.05) is 36.6 Å². The Bertz CT molecular complexity index is 1090. The third kappa shape index (κ3) is 3.60. The molecule has 1 aliphatic heterocycles. The highest BCUT2D eigenvalue weighted by molar-refractivity contribution is 7.89. The van der Waals surface area contributed by atoms with Crippen LogP contribution >= 0.6 is 11.6 Å². The summed E-state index contributed by atoms with van der Waals surface area (Å²) in [4.78, 5) is 4.82. The maximum atomic E-state index is 13.1. The standard InChI is InChI=1S/C19H20ClN3O3S/c1-13-9-23(10-14(2)26-13)27(24,25)17-5-3-4-15(8-17)18-12-22-11-16(20)6-7-19(22)21-18/h3-8,11-14H,9-10H2,1-2H3/t13-,14+. The van der Waals surface area contributed by atoms with Crippen molar-refractivity contribution >= 4 is 27.3 Å². The van der Waals surface area contributed by atoms with Gasteiger partial charge in [-0.15, -0.1) is 0 Å². The van der Waals surface area contributed by atoms with Crippen LogP contribution in [0.4, 0.5) is 0 Å². The number of morpholine rings is 1. The number of rotatable bonds is 3. The van der Waals surface area contributed by atoms with Crippen LogP contribution in [0.1, 0.15) is 13.8 Å². The number of aromatic nitrogens is 2.